The molecule has 0 saturated heterocycles. The van der Waals surface area contributed by atoms with E-state index in [4.69, 9.17) is 0 Å². The predicted octanol–water partition coefficient (Wildman–Crippen LogP) is 3.15. The van der Waals surface area contributed by atoms with Crippen LogP contribution >= 0.6 is 23.1 Å². The summed E-state index contributed by atoms with van der Waals surface area (Å²) in [5.41, 5.74) is 0.862. The Morgan fingerprint density at radius 3 is 2.74 bits per heavy atom. The van der Waals surface area contributed by atoms with Gasteiger partial charge in [-0.2, -0.15) is 0 Å². The summed E-state index contributed by atoms with van der Waals surface area (Å²) >= 11 is 2.79. The van der Waals surface area contributed by atoms with Gasteiger partial charge in [-0.1, -0.05) is 49.1 Å². The van der Waals surface area contributed by atoms with E-state index in [1.807, 2.05) is 0 Å². The van der Waals surface area contributed by atoms with Crippen LogP contribution in [-0.2, 0) is 11.3 Å². The molecule has 124 valence electrons. The molecule has 0 bridgehead atoms. The van der Waals surface area contributed by atoms with Crippen LogP contribution in [0.4, 0.5) is 9.52 Å². The van der Waals surface area contributed by atoms with E-state index >= 15 is 0 Å². The maximum Gasteiger partial charge on any atom is 0.230 e. The minimum atomic E-state index is -0.284. The van der Waals surface area contributed by atoms with Gasteiger partial charge in [0.1, 0.15) is 5.82 Å². The van der Waals surface area contributed by atoms with Gasteiger partial charge < -0.3 is 10.6 Å². The maximum absolute atomic E-state index is 12.8. The highest BCUT2D eigenvalue weighted by Crippen LogP contribution is 2.25. The van der Waals surface area contributed by atoms with E-state index in [0.29, 0.717) is 12.5 Å². The molecular formula is C15H19FN4OS2. The second-order valence-corrected chi connectivity index (χ2v) is 7.54. The van der Waals surface area contributed by atoms with Gasteiger partial charge >= 0.3 is 0 Å². The predicted molar refractivity (Wildman–Crippen MR) is 92.2 cm³/mol. The zero-order valence-corrected chi connectivity index (χ0v) is 14.6. The van der Waals surface area contributed by atoms with Gasteiger partial charge in [0.25, 0.3) is 0 Å². The van der Waals surface area contributed by atoms with Gasteiger partial charge in [0.05, 0.1) is 5.75 Å². The first-order valence-electron chi connectivity index (χ1n) is 7.24. The van der Waals surface area contributed by atoms with Gasteiger partial charge in [-0.05, 0) is 23.6 Å². The quantitative estimate of drug-likeness (QED) is 0.713. The van der Waals surface area contributed by atoms with E-state index < -0.39 is 0 Å². The molecule has 0 aliphatic heterocycles. The number of nitrogens with one attached hydrogen (secondary N) is 2. The number of hydrogen-bond donors (Lipinski definition) is 2. The number of aromatic nitrogens is 2. The second-order valence-electron chi connectivity index (χ2n) is 5.34. The smallest absolute Gasteiger partial charge is 0.230 e. The molecule has 0 radical (unpaired) electrons. The van der Waals surface area contributed by atoms with Crippen molar-refractivity contribution < 1.29 is 9.18 Å². The third-order valence-electron chi connectivity index (χ3n) is 2.80. The number of anilines is 1. The number of hydrogen-bond acceptors (Lipinski definition) is 6. The molecule has 23 heavy (non-hydrogen) atoms. The lowest BCUT2D eigenvalue weighted by atomic mass is 10.2. The molecule has 2 N–H and O–H groups in total. The molecule has 1 aromatic heterocycles. The summed E-state index contributed by atoms with van der Waals surface area (Å²) in [7, 11) is 0. The highest BCUT2D eigenvalue weighted by atomic mass is 32.2. The molecule has 2 aromatic rings. The van der Waals surface area contributed by atoms with Crippen LogP contribution < -0.4 is 10.6 Å². The molecule has 0 aliphatic carbocycles. The molecule has 5 nitrogen and oxygen atoms in total. The van der Waals surface area contributed by atoms with Crippen molar-refractivity contribution in [2.75, 3.05) is 17.6 Å². The van der Waals surface area contributed by atoms with E-state index in [1.165, 1.54) is 35.2 Å². The lowest BCUT2D eigenvalue weighted by molar-refractivity contribution is -0.118. The molecular weight excluding hydrogens is 335 g/mol. The molecule has 1 heterocycles. The minimum absolute atomic E-state index is 0.0915. The van der Waals surface area contributed by atoms with Crippen molar-refractivity contribution >= 4 is 34.1 Å². The minimum Gasteiger partial charge on any atom is -0.360 e. The molecule has 0 unspecified atom stereocenters. The van der Waals surface area contributed by atoms with Crippen molar-refractivity contribution in [3.63, 3.8) is 0 Å². The molecule has 1 aromatic carbocycles. The highest BCUT2D eigenvalue weighted by molar-refractivity contribution is 8.01. The summed E-state index contributed by atoms with van der Waals surface area (Å²) in [6.07, 6.45) is 0. The van der Waals surface area contributed by atoms with Crippen molar-refractivity contribution in [2.45, 2.75) is 24.7 Å². The Morgan fingerprint density at radius 2 is 2.04 bits per heavy atom. The van der Waals surface area contributed by atoms with Crippen LogP contribution in [0.25, 0.3) is 0 Å². The fourth-order valence-electron chi connectivity index (χ4n) is 1.61. The number of benzene rings is 1. The summed E-state index contributed by atoms with van der Waals surface area (Å²) in [6, 6.07) is 6.06. The summed E-state index contributed by atoms with van der Waals surface area (Å²) < 4.78 is 13.5. The molecule has 0 fully saturated rings. The van der Waals surface area contributed by atoms with Crippen LogP contribution in [-0.4, -0.2) is 28.4 Å². The van der Waals surface area contributed by atoms with Crippen molar-refractivity contribution in [1.29, 1.82) is 0 Å². The molecule has 0 aliphatic rings. The van der Waals surface area contributed by atoms with Crippen LogP contribution in [0.15, 0.2) is 28.6 Å². The van der Waals surface area contributed by atoms with E-state index in [9.17, 15) is 9.18 Å². The van der Waals surface area contributed by atoms with Gasteiger partial charge in [0, 0.05) is 13.1 Å². The topological polar surface area (TPSA) is 66.9 Å². The number of halogens is 1. The summed E-state index contributed by atoms with van der Waals surface area (Å²) in [6.45, 7) is 5.47. The third kappa shape index (κ3) is 6.54. The number of carbonyl (C=O) groups is 1. The summed E-state index contributed by atoms with van der Waals surface area (Å²) in [5, 5.41) is 14.8. The molecule has 1 amide bonds. The second kappa shape index (κ2) is 8.83. The van der Waals surface area contributed by atoms with Crippen LogP contribution in [0.5, 0.6) is 0 Å². The van der Waals surface area contributed by atoms with Gasteiger partial charge in [-0.15, -0.1) is 10.2 Å². The SMILES string of the molecule is CC(C)CNc1nnc(SCC(=O)NCc2ccc(F)cc2)s1. The largest absolute Gasteiger partial charge is 0.360 e. The normalized spacial score (nSPS) is 10.8. The van der Waals surface area contributed by atoms with E-state index in [-0.39, 0.29) is 17.5 Å². The average Bonchev–Trinajstić information content (AvgIpc) is 2.98. The maximum atomic E-state index is 12.8. The number of rotatable bonds is 8. The standard InChI is InChI=1S/C15H19FN4OS2/c1-10(2)7-18-14-19-20-15(23-14)22-9-13(21)17-8-11-3-5-12(16)6-4-11/h3-6,10H,7-9H2,1-2H3,(H,17,21)(H,18,19). The fourth-order valence-corrected chi connectivity index (χ4v) is 3.20. The Balaban J connectivity index is 1.70. The lowest BCUT2D eigenvalue weighted by Gasteiger charge is -2.04. The van der Waals surface area contributed by atoms with Crippen molar-refractivity contribution in [1.82, 2.24) is 15.5 Å². The van der Waals surface area contributed by atoms with Gasteiger partial charge in [0.2, 0.25) is 11.0 Å². The zero-order chi connectivity index (χ0) is 16.7. The Morgan fingerprint density at radius 1 is 1.30 bits per heavy atom. The lowest BCUT2D eigenvalue weighted by Crippen LogP contribution is -2.24. The van der Waals surface area contributed by atoms with Gasteiger partial charge in [-0.25, -0.2) is 4.39 Å². The third-order valence-corrected chi connectivity index (χ3v) is 4.81. The number of amides is 1. The Bertz CT molecular complexity index is 631. The van der Waals surface area contributed by atoms with Gasteiger partial charge in [0.15, 0.2) is 4.34 Å². The first-order chi connectivity index (χ1) is 11.0. The Hall–Kier alpha value is -1.67. The van der Waals surface area contributed by atoms with Crippen LogP contribution in [0.3, 0.4) is 0 Å². The van der Waals surface area contributed by atoms with Crippen molar-refractivity contribution in [3.05, 3.63) is 35.6 Å². The number of thioether (sulfide) groups is 1. The van der Waals surface area contributed by atoms with Crippen molar-refractivity contribution in [3.8, 4) is 0 Å². The summed E-state index contributed by atoms with van der Waals surface area (Å²) in [5.74, 6) is 0.437. The summed E-state index contributed by atoms with van der Waals surface area (Å²) in [4.78, 5) is 11.8. The highest BCUT2D eigenvalue weighted by Gasteiger charge is 2.08. The van der Waals surface area contributed by atoms with Gasteiger partial charge in [-0.3, -0.25) is 4.79 Å². The Labute approximate surface area is 143 Å². The van der Waals surface area contributed by atoms with E-state index in [0.717, 1.165) is 21.6 Å². The molecule has 2 rings (SSSR count). The molecule has 0 spiro atoms. The van der Waals surface area contributed by atoms with Crippen LogP contribution in [0.2, 0.25) is 0 Å². The van der Waals surface area contributed by atoms with E-state index in [2.05, 4.69) is 34.7 Å². The van der Waals surface area contributed by atoms with E-state index in [1.54, 1.807) is 12.1 Å². The zero-order valence-electron chi connectivity index (χ0n) is 13.0. The Kier molecular flexibility index (Phi) is 6.79. The first kappa shape index (κ1) is 17.7. The number of nitrogens with zero attached hydrogens (tertiary/aromatic N) is 2. The first-order valence-corrected chi connectivity index (χ1v) is 9.04. The average molecular weight is 354 g/mol. The molecule has 0 atom stereocenters. The van der Waals surface area contributed by atoms with Crippen LogP contribution in [0.1, 0.15) is 19.4 Å². The molecule has 0 saturated carbocycles. The van der Waals surface area contributed by atoms with Crippen molar-refractivity contribution in [2.24, 2.45) is 5.92 Å². The number of carbonyl (C=O) groups excluding carboxylic acids is 1. The fraction of sp³-hybridized carbons (Fsp3) is 0.400. The molecule has 8 heteroatoms. The monoisotopic (exact) mass is 354 g/mol. The van der Waals surface area contributed by atoms with Crippen LogP contribution in [0, 0.1) is 11.7 Å².